The number of carbonyl (C=O) groups is 2. The van der Waals surface area contributed by atoms with E-state index in [9.17, 15) is 14.0 Å². The van der Waals surface area contributed by atoms with Crippen LogP contribution in [0.2, 0.25) is 5.02 Å². The minimum atomic E-state index is -0.660. The van der Waals surface area contributed by atoms with Crippen LogP contribution >= 0.6 is 11.6 Å². The van der Waals surface area contributed by atoms with Gasteiger partial charge in [-0.05, 0) is 44.0 Å². The fraction of sp³-hybridized carbons (Fsp3) is 0.579. The Morgan fingerprint density at radius 1 is 1.26 bits per heavy atom. The molecule has 1 heterocycles. The summed E-state index contributed by atoms with van der Waals surface area (Å²) in [6.45, 7) is 5.37. The number of hydrogen-bond donors (Lipinski definition) is 3. The van der Waals surface area contributed by atoms with Crippen LogP contribution in [0.25, 0.3) is 0 Å². The summed E-state index contributed by atoms with van der Waals surface area (Å²) in [6.07, 6.45) is 2.05. The van der Waals surface area contributed by atoms with Gasteiger partial charge in [-0.2, -0.15) is 0 Å². The van der Waals surface area contributed by atoms with Gasteiger partial charge in [0.1, 0.15) is 5.82 Å². The van der Waals surface area contributed by atoms with Crippen molar-refractivity contribution in [2.45, 2.75) is 38.8 Å². The van der Waals surface area contributed by atoms with Crippen LogP contribution in [-0.4, -0.2) is 48.9 Å². The molecule has 150 valence electrons. The van der Waals surface area contributed by atoms with Crippen molar-refractivity contribution >= 4 is 23.4 Å². The number of rotatable bonds is 8. The van der Waals surface area contributed by atoms with E-state index in [2.05, 4.69) is 15.5 Å². The van der Waals surface area contributed by atoms with Gasteiger partial charge in [-0.25, -0.2) is 4.39 Å². The highest BCUT2D eigenvalue weighted by Crippen LogP contribution is 2.31. The van der Waals surface area contributed by atoms with E-state index in [1.54, 1.807) is 12.1 Å². The Labute approximate surface area is 164 Å². The lowest BCUT2D eigenvalue weighted by Gasteiger charge is -2.29. The number of halogens is 2. The Balaban J connectivity index is 1.98. The molecule has 0 radical (unpaired) electrons. The van der Waals surface area contributed by atoms with Crippen molar-refractivity contribution in [3.8, 4) is 0 Å². The van der Waals surface area contributed by atoms with Gasteiger partial charge in [0.15, 0.2) is 0 Å². The second-order valence-corrected chi connectivity index (χ2v) is 7.59. The maximum absolute atomic E-state index is 14.4. The number of amides is 2. The molecule has 27 heavy (non-hydrogen) atoms. The first-order valence-electron chi connectivity index (χ1n) is 9.29. The minimum absolute atomic E-state index is 0.0178. The fourth-order valence-corrected chi connectivity index (χ4v) is 3.45. The minimum Gasteiger partial charge on any atom is -0.353 e. The predicted octanol–water partition coefficient (Wildman–Crippen LogP) is 1.83. The maximum Gasteiger partial charge on any atom is 0.239 e. The van der Waals surface area contributed by atoms with Crippen molar-refractivity contribution in [2.75, 3.05) is 26.2 Å². The zero-order valence-electron chi connectivity index (χ0n) is 15.8. The third-order valence-electron chi connectivity index (χ3n) is 4.85. The molecule has 1 unspecified atom stereocenters. The van der Waals surface area contributed by atoms with Crippen LogP contribution in [0.1, 0.15) is 38.3 Å². The summed E-state index contributed by atoms with van der Waals surface area (Å²) in [5.41, 5.74) is 6.15. The molecule has 1 aliphatic heterocycles. The molecule has 2 amide bonds. The summed E-state index contributed by atoms with van der Waals surface area (Å²) in [4.78, 5) is 26.1. The van der Waals surface area contributed by atoms with Crippen molar-refractivity contribution in [1.29, 1.82) is 0 Å². The van der Waals surface area contributed by atoms with Crippen LogP contribution in [0.4, 0.5) is 4.39 Å². The maximum atomic E-state index is 14.4. The summed E-state index contributed by atoms with van der Waals surface area (Å²) in [7, 11) is 0. The van der Waals surface area contributed by atoms with Crippen LogP contribution in [-0.2, 0) is 9.59 Å². The zero-order valence-corrected chi connectivity index (χ0v) is 16.6. The predicted molar refractivity (Wildman–Crippen MR) is 104 cm³/mol. The molecule has 8 heteroatoms. The SMILES string of the molecule is CC(C)[C@H](N)C(=O)NCC(=O)NCC(c1c(F)cccc1Cl)N1CCCC1. The summed E-state index contributed by atoms with van der Waals surface area (Å²) in [5.74, 6) is -1.12. The van der Waals surface area contributed by atoms with Gasteiger partial charge in [0, 0.05) is 17.1 Å². The molecule has 4 N–H and O–H groups in total. The van der Waals surface area contributed by atoms with Crippen LogP contribution in [0, 0.1) is 11.7 Å². The standard InChI is InChI=1S/C19H28ClFN4O2/c1-12(2)18(22)19(27)24-11-16(26)23-10-15(25-8-3-4-9-25)17-13(20)6-5-7-14(17)21/h5-7,12,15,18H,3-4,8-11,22H2,1-2H3,(H,23,26)(H,24,27)/t15?,18-/m0/s1. The quantitative estimate of drug-likeness (QED) is 0.623. The number of nitrogens with one attached hydrogen (secondary N) is 2. The Morgan fingerprint density at radius 2 is 1.93 bits per heavy atom. The van der Waals surface area contributed by atoms with Crippen LogP contribution in [0.3, 0.4) is 0 Å². The van der Waals surface area contributed by atoms with E-state index in [4.69, 9.17) is 17.3 Å². The van der Waals surface area contributed by atoms with Gasteiger partial charge in [-0.1, -0.05) is 31.5 Å². The van der Waals surface area contributed by atoms with E-state index in [1.165, 1.54) is 6.07 Å². The smallest absolute Gasteiger partial charge is 0.239 e. The first-order chi connectivity index (χ1) is 12.8. The average Bonchev–Trinajstić information content (AvgIpc) is 3.15. The summed E-state index contributed by atoms with van der Waals surface area (Å²) >= 11 is 6.23. The molecule has 1 aromatic rings. The second-order valence-electron chi connectivity index (χ2n) is 7.19. The fourth-order valence-electron chi connectivity index (χ4n) is 3.16. The van der Waals surface area contributed by atoms with Crippen LogP contribution < -0.4 is 16.4 Å². The molecule has 1 saturated heterocycles. The van der Waals surface area contributed by atoms with Crippen LogP contribution in [0.15, 0.2) is 18.2 Å². The van der Waals surface area contributed by atoms with Gasteiger partial charge in [-0.15, -0.1) is 0 Å². The van der Waals surface area contributed by atoms with E-state index >= 15 is 0 Å². The van der Waals surface area contributed by atoms with Crippen molar-refractivity contribution in [3.63, 3.8) is 0 Å². The molecule has 0 saturated carbocycles. The van der Waals surface area contributed by atoms with Gasteiger partial charge in [0.2, 0.25) is 11.8 Å². The number of nitrogens with zero attached hydrogens (tertiary/aromatic N) is 1. The number of likely N-dealkylation sites (tertiary alicyclic amines) is 1. The van der Waals surface area contributed by atoms with Gasteiger partial charge in [0.25, 0.3) is 0 Å². The van der Waals surface area contributed by atoms with Gasteiger partial charge < -0.3 is 16.4 Å². The third-order valence-corrected chi connectivity index (χ3v) is 5.18. The van der Waals surface area contributed by atoms with E-state index in [0.717, 1.165) is 25.9 Å². The third kappa shape index (κ3) is 5.89. The first-order valence-corrected chi connectivity index (χ1v) is 9.67. The number of benzene rings is 1. The normalized spacial score (nSPS) is 17.0. The van der Waals surface area contributed by atoms with Gasteiger partial charge >= 0.3 is 0 Å². The van der Waals surface area contributed by atoms with Crippen molar-refractivity contribution in [1.82, 2.24) is 15.5 Å². The molecule has 2 rings (SSSR count). The molecule has 0 bridgehead atoms. The molecule has 6 nitrogen and oxygen atoms in total. The molecule has 2 atom stereocenters. The van der Waals surface area contributed by atoms with Crippen molar-refractivity contribution in [3.05, 3.63) is 34.6 Å². The highest BCUT2D eigenvalue weighted by atomic mass is 35.5. The summed E-state index contributed by atoms with van der Waals surface area (Å²) in [5, 5.41) is 5.65. The van der Waals surface area contributed by atoms with E-state index in [0.29, 0.717) is 10.6 Å². The molecule has 1 fully saturated rings. The summed E-state index contributed by atoms with van der Waals surface area (Å²) in [6, 6.07) is 3.58. The Kier molecular flexibility index (Phi) is 8.01. The largest absolute Gasteiger partial charge is 0.353 e. The summed E-state index contributed by atoms with van der Waals surface area (Å²) < 4.78 is 14.4. The van der Waals surface area contributed by atoms with E-state index < -0.39 is 6.04 Å². The first kappa shape index (κ1) is 21.6. The lowest BCUT2D eigenvalue weighted by atomic mass is 10.0. The topological polar surface area (TPSA) is 87.5 Å². The second kappa shape index (κ2) is 10.0. The zero-order chi connectivity index (χ0) is 20.0. The van der Waals surface area contributed by atoms with Gasteiger partial charge in [-0.3, -0.25) is 14.5 Å². The average molecular weight is 399 g/mol. The Morgan fingerprint density at radius 3 is 2.52 bits per heavy atom. The van der Waals surface area contributed by atoms with E-state index in [-0.39, 0.29) is 42.7 Å². The Hall–Kier alpha value is -1.70. The van der Waals surface area contributed by atoms with Crippen molar-refractivity contribution < 1.29 is 14.0 Å². The Bertz CT molecular complexity index is 645. The molecular weight excluding hydrogens is 371 g/mol. The molecular formula is C19H28ClFN4O2. The number of nitrogens with two attached hydrogens (primary N) is 1. The molecule has 0 aliphatic carbocycles. The highest BCUT2D eigenvalue weighted by Gasteiger charge is 2.28. The number of hydrogen-bond acceptors (Lipinski definition) is 4. The monoisotopic (exact) mass is 398 g/mol. The lowest BCUT2D eigenvalue weighted by molar-refractivity contribution is -0.127. The van der Waals surface area contributed by atoms with Crippen LogP contribution in [0.5, 0.6) is 0 Å². The molecule has 0 spiro atoms. The lowest BCUT2D eigenvalue weighted by Crippen LogP contribution is -2.48. The molecule has 0 aromatic heterocycles. The molecule has 1 aliphatic rings. The number of carbonyl (C=O) groups excluding carboxylic acids is 2. The van der Waals surface area contributed by atoms with Gasteiger partial charge in [0.05, 0.1) is 18.6 Å². The van der Waals surface area contributed by atoms with Crippen molar-refractivity contribution in [2.24, 2.45) is 11.7 Å². The molecule has 1 aromatic carbocycles. The highest BCUT2D eigenvalue weighted by molar-refractivity contribution is 6.31. The van der Waals surface area contributed by atoms with E-state index in [1.807, 2.05) is 13.8 Å².